The van der Waals surface area contributed by atoms with Crippen LogP contribution in [0.25, 0.3) is 11.1 Å². The zero-order valence-corrected chi connectivity index (χ0v) is 19.3. The van der Waals surface area contributed by atoms with Gasteiger partial charge in [0, 0.05) is 18.9 Å². The van der Waals surface area contributed by atoms with Gasteiger partial charge in [-0.15, -0.1) is 0 Å². The summed E-state index contributed by atoms with van der Waals surface area (Å²) in [6.45, 7) is 6.13. The van der Waals surface area contributed by atoms with Crippen molar-refractivity contribution in [3.05, 3.63) is 59.7 Å². The highest BCUT2D eigenvalue weighted by Gasteiger charge is 2.29. The molecule has 2 aromatic rings. The molecule has 0 spiro atoms. The lowest BCUT2D eigenvalue weighted by Crippen LogP contribution is -2.42. The number of amides is 2. The van der Waals surface area contributed by atoms with E-state index >= 15 is 0 Å². The molecule has 3 N–H and O–H groups in total. The molecule has 0 radical (unpaired) electrons. The number of fused-ring (bicyclic) bond motifs is 3. The third kappa shape index (κ3) is 5.92. The first-order valence-corrected chi connectivity index (χ1v) is 11.4. The van der Waals surface area contributed by atoms with Gasteiger partial charge in [0.25, 0.3) is 0 Å². The summed E-state index contributed by atoms with van der Waals surface area (Å²) in [6, 6.07) is 15.4. The Labute approximate surface area is 194 Å². The second-order valence-electron chi connectivity index (χ2n) is 8.78. The van der Waals surface area contributed by atoms with Crippen LogP contribution in [0.2, 0.25) is 0 Å². The predicted octanol–water partition coefficient (Wildman–Crippen LogP) is 4.17. The van der Waals surface area contributed by atoms with Crippen molar-refractivity contribution < 1.29 is 24.2 Å². The monoisotopic (exact) mass is 452 g/mol. The standard InChI is InChI=1S/C26H32N2O5/c1-4-23(25(30)31)28-24(29)13-17(16(2)3)14-27-26(32)33-15-22-20-11-7-5-9-18(20)19-10-6-8-12-21(19)22/h5-12,16-17,22-23H,4,13-15H2,1-3H3,(H,27,32)(H,28,29)(H,30,31). The molecule has 0 fully saturated rings. The van der Waals surface area contributed by atoms with Crippen molar-refractivity contribution in [3.63, 3.8) is 0 Å². The Kier molecular flexibility index (Phi) is 8.09. The number of alkyl carbamates (subject to hydrolysis) is 1. The molecule has 2 aromatic carbocycles. The van der Waals surface area contributed by atoms with Crippen LogP contribution >= 0.6 is 0 Å². The highest BCUT2D eigenvalue weighted by atomic mass is 16.5. The third-order valence-corrected chi connectivity index (χ3v) is 6.28. The fraction of sp³-hybridized carbons (Fsp3) is 0.423. The molecule has 2 unspecified atom stereocenters. The molecule has 0 saturated heterocycles. The fourth-order valence-corrected chi connectivity index (χ4v) is 4.24. The molecule has 0 heterocycles. The molecule has 1 aliphatic rings. The minimum Gasteiger partial charge on any atom is -0.480 e. The predicted molar refractivity (Wildman–Crippen MR) is 126 cm³/mol. The van der Waals surface area contributed by atoms with Gasteiger partial charge in [-0.05, 0) is 40.5 Å². The van der Waals surface area contributed by atoms with E-state index in [1.54, 1.807) is 6.92 Å². The number of carbonyl (C=O) groups excluding carboxylic acids is 2. The molecular weight excluding hydrogens is 420 g/mol. The highest BCUT2D eigenvalue weighted by Crippen LogP contribution is 2.44. The maximum absolute atomic E-state index is 12.4. The van der Waals surface area contributed by atoms with E-state index in [1.165, 1.54) is 11.1 Å². The number of ether oxygens (including phenoxy) is 1. The van der Waals surface area contributed by atoms with E-state index in [0.717, 1.165) is 11.1 Å². The molecular formula is C26H32N2O5. The van der Waals surface area contributed by atoms with Crippen molar-refractivity contribution in [2.24, 2.45) is 11.8 Å². The van der Waals surface area contributed by atoms with E-state index in [9.17, 15) is 14.4 Å². The van der Waals surface area contributed by atoms with Crippen LogP contribution in [-0.4, -0.2) is 42.3 Å². The third-order valence-electron chi connectivity index (χ3n) is 6.28. The molecule has 7 nitrogen and oxygen atoms in total. The lowest BCUT2D eigenvalue weighted by Gasteiger charge is -2.22. The van der Waals surface area contributed by atoms with Crippen LogP contribution in [0, 0.1) is 11.8 Å². The van der Waals surface area contributed by atoms with Crippen LogP contribution in [0.5, 0.6) is 0 Å². The number of carboxylic acids is 1. The quantitative estimate of drug-likeness (QED) is 0.502. The Morgan fingerprint density at radius 3 is 2.09 bits per heavy atom. The summed E-state index contributed by atoms with van der Waals surface area (Å²) in [4.78, 5) is 35.9. The van der Waals surface area contributed by atoms with E-state index < -0.39 is 18.1 Å². The van der Waals surface area contributed by atoms with Gasteiger partial charge in [-0.3, -0.25) is 4.79 Å². The van der Waals surface area contributed by atoms with Crippen molar-refractivity contribution in [1.29, 1.82) is 0 Å². The summed E-state index contributed by atoms with van der Waals surface area (Å²) in [5.74, 6) is -1.43. The molecule has 7 heteroatoms. The zero-order valence-electron chi connectivity index (χ0n) is 19.3. The Bertz CT molecular complexity index is 958. The van der Waals surface area contributed by atoms with Crippen LogP contribution < -0.4 is 10.6 Å². The van der Waals surface area contributed by atoms with Gasteiger partial charge >= 0.3 is 12.1 Å². The van der Waals surface area contributed by atoms with Crippen LogP contribution in [0.3, 0.4) is 0 Å². The molecule has 3 rings (SSSR count). The molecule has 33 heavy (non-hydrogen) atoms. The average molecular weight is 453 g/mol. The van der Waals surface area contributed by atoms with Crippen molar-refractivity contribution in [1.82, 2.24) is 10.6 Å². The van der Waals surface area contributed by atoms with Crippen LogP contribution in [0.4, 0.5) is 4.79 Å². The van der Waals surface area contributed by atoms with Crippen molar-refractivity contribution >= 4 is 18.0 Å². The number of nitrogens with one attached hydrogen (secondary N) is 2. The lowest BCUT2D eigenvalue weighted by atomic mass is 9.92. The highest BCUT2D eigenvalue weighted by molar-refractivity contribution is 5.83. The molecule has 1 aliphatic carbocycles. The molecule has 176 valence electrons. The Hall–Kier alpha value is -3.35. The Morgan fingerprint density at radius 1 is 1.00 bits per heavy atom. The van der Waals surface area contributed by atoms with Gasteiger partial charge in [0.15, 0.2) is 0 Å². The van der Waals surface area contributed by atoms with Gasteiger partial charge in [0.1, 0.15) is 12.6 Å². The van der Waals surface area contributed by atoms with E-state index in [0.29, 0.717) is 6.42 Å². The zero-order chi connectivity index (χ0) is 24.0. The van der Waals surface area contributed by atoms with Crippen LogP contribution in [0.15, 0.2) is 48.5 Å². The van der Waals surface area contributed by atoms with Crippen molar-refractivity contribution in [2.45, 2.75) is 45.6 Å². The summed E-state index contributed by atoms with van der Waals surface area (Å²) in [7, 11) is 0. The summed E-state index contributed by atoms with van der Waals surface area (Å²) < 4.78 is 5.56. The van der Waals surface area contributed by atoms with Gasteiger partial charge in [-0.2, -0.15) is 0 Å². The molecule has 0 aliphatic heterocycles. The first kappa shape index (κ1) is 24.3. The summed E-state index contributed by atoms with van der Waals surface area (Å²) in [5, 5.41) is 14.4. The topological polar surface area (TPSA) is 105 Å². The smallest absolute Gasteiger partial charge is 0.407 e. The number of benzene rings is 2. The summed E-state index contributed by atoms with van der Waals surface area (Å²) >= 11 is 0. The van der Waals surface area contributed by atoms with Crippen molar-refractivity contribution in [2.75, 3.05) is 13.2 Å². The lowest BCUT2D eigenvalue weighted by molar-refractivity contribution is -0.142. The Balaban J connectivity index is 1.54. The van der Waals surface area contributed by atoms with Gasteiger partial charge in [-0.25, -0.2) is 9.59 Å². The van der Waals surface area contributed by atoms with Crippen LogP contribution in [0.1, 0.15) is 50.7 Å². The minimum absolute atomic E-state index is 0.0168. The Morgan fingerprint density at radius 2 is 1.58 bits per heavy atom. The van der Waals surface area contributed by atoms with E-state index in [1.807, 2.05) is 38.1 Å². The number of rotatable bonds is 10. The van der Waals surface area contributed by atoms with Gasteiger partial charge in [0.05, 0.1) is 0 Å². The van der Waals surface area contributed by atoms with Crippen molar-refractivity contribution in [3.8, 4) is 11.1 Å². The number of carboxylic acid groups (broad SMARTS) is 1. The SMILES string of the molecule is CCC(NC(=O)CC(CNC(=O)OCC1c2ccccc2-c2ccccc21)C(C)C)C(=O)O. The maximum atomic E-state index is 12.4. The number of aliphatic carboxylic acids is 1. The molecule has 0 aromatic heterocycles. The molecule has 0 saturated carbocycles. The second-order valence-corrected chi connectivity index (χ2v) is 8.78. The fourth-order valence-electron chi connectivity index (χ4n) is 4.24. The number of hydrogen-bond donors (Lipinski definition) is 3. The van der Waals surface area contributed by atoms with E-state index in [4.69, 9.17) is 9.84 Å². The first-order chi connectivity index (χ1) is 15.8. The second kappa shape index (κ2) is 11.0. The van der Waals surface area contributed by atoms with Gasteiger partial charge < -0.3 is 20.5 Å². The maximum Gasteiger partial charge on any atom is 0.407 e. The normalized spacial score (nSPS) is 14.2. The molecule has 0 bridgehead atoms. The average Bonchev–Trinajstić information content (AvgIpc) is 3.12. The van der Waals surface area contributed by atoms with Crippen LogP contribution in [-0.2, 0) is 14.3 Å². The van der Waals surface area contributed by atoms with E-state index in [2.05, 4.69) is 34.9 Å². The minimum atomic E-state index is -1.05. The first-order valence-electron chi connectivity index (χ1n) is 11.4. The van der Waals surface area contributed by atoms with E-state index in [-0.39, 0.29) is 43.2 Å². The molecule has 2 atom stereocenters. The summed E-state index contributed by atoms with van der Waals surface area (Å²) in [6.07, 6.45) is -0.0869. The molecule has 2 amide bonds. The largest absolute Gasteiger partial charge is 0.480 e. The summed E-state index contributed by atoms with van der Waals surface area (Å²) in [5.41, 5.74) is 4.62. The van der Waals surface area contributed by atoms with Gasteiger partial charge in [0.2, 0.25) is 5.91 Å². The van der Waals surface area contributed by atoms with Gasteiger partial charge in [-0.1, -0.05) is 69.3 Å². The number of carbonyl (C=O) groups is 3. The number of hydrogen-bond acceptors (Lipinski definition) is 4.